The Morgan fingerprint density at radius 1 is 1.06 bits per heavy atom. The molecule has 1 aliphatic rings. The lowest BCUT2D eigenvalue weighted by Crippen LogP contribution is -2.66. The number of pyridine rings is 1. The number of thiazole rings is 1. The van der Waals surface area contributed by atoms with E-state index in [1.807, 2.05) is 67.8 Å². The van der Waals surface area contributed by atoms with Gasteiger partial charge >= 0.3 is 11.9 Å². The highest BCUT2D eigenvalue weighted by Crippen LogP contribution is 2.45. The van der Waals surface area contributed by atoms with Crippen molar-refractivity contribution < 1.29 is 19.1 Å². The van der Waals surface area contributed by atoms with E-state index < -0.39 is 29.4 Å². The van der Waals surface area contributed by atoms with E-state index in [1.165, 1.54) is 11.3 Å². The first-order valence-corrected chi connectivity index (χ1v) is 12.8. The highest BCUT2D eigenvalue weighted by molar-refractivity contribution is 7.14. The van der Waals surface area contributed by atoms with E-state index in [9.17, 15) is 9.59 Å². The number of carbonyl (C=O) groups is 2. The smallest absolute Gasteiger partial charge is 0.336 e. The number of anilines is 1. The molecule has 0 radical (unpaired) electrons. The molecule has 9 heteroatoms. The van der Waals surface area contributed by atoms with E-state index in [-0.39, 0.29) is 13.2 Å². The maximum atomic E-state index is 13.9. The van der Waals surface area contributed by atoms with Gasteiger partial charge in [-0.2, -0.15) is 0 Å². The van der Waals surface area contributed by atoms with Gasteiger partial charge in [-0.3, -0.25) is 4.98 Å². The monoisotopic (exact) mass is 506 g/mol. The van der Waals surface area contributed by atoms with E-state index in [2.05, 4.69) is 15.6 Å². The number of nitrogens with one attached hydrogen (secondary N) is 2. The topological polar surface area (TPSA) is 102 Å². The predicted molar refractivity (Wildman–Crippen MR) is 139 cm³/mol. The third kappa shape index (κ3) is 4.70. The van der Waals surface area contributed by atoms with Crippen LogP contribution < -0.4 is 10.6 Å². The van der Waals surface area contributed by atoms with Gasteiger partial charge in [-0.1, -0.05) is 36.4 Å². The second-order valence-electron chi connectivity index (χ2n) is 8.44. The Balaban J connectivity index is 1.89. The molecule has 36 heavy (non-hydrogen) atoms. The van der Waals surface area contributed by atoms with Crippen LogP contribution in [0.4, 0.5) is 5.13 Å². The molecule has 2 N–H and O–H groups in total. The number of nitrogens with zero attached hydrogens (tertiary/aromatic N) is 2. The number of aromatic nitrogens is 2. The summed E-state index contributed by atoms with van der Waals surface area (Å²) in [5.74, 6) is -1.66. The van der Waals surface area contributed by atoms with Crippen molar-refractivity contribution in [3.63, 3.8) is 0 Å². The molecule has 8 nitrogen and oxygen atoms in total. The Kier molecular flexibility index (Phi) is 7.69. The quantitative estimate of drug-likeness (QED) is 0.430. The minimum atomic E-state index is -1.39. The van der Waals surface area contributed by atoms with E-state index >= 15 is 0 Å². The number of hydrogen-bond donors (Lipinski definition) is 2. The zero-order chi connectivity index (χ0) is 25.7. The van der Waals surface area contributed by atoms with Gasteiger partial charge in [0.05, 0.1) is 36.4 Å². The predicted octanol–water partition coefficient (Wildman–Crippen LogP) is 4.53. The van der Waals surface area contributed by atoms with Crippen LogP contribution in [0.25, 0.3) is 11.4 Å². The molecular formula is C27H30N4O4S. The van der Waals surface area contributed by atoms with Crippen LogP contribution in [0.2, 0.25) is 0 Å². The summed E-state index contributed by atoms with van der Waals surface area (Å²) in [6, 6.07) is 14.6. The highest BCUT2D eigenvalue weighted by Gasteiger charge is 2.58. The van der Waals surface area contributed by atoms with Gasteiger partial charge in [0, 0.05) is 17.3 Å². The first-order valence-electron chi connectivity index (χ1n) is 11.9. The standard InChI is InChI=1S/C27H30N4O4S/c1-5-34-24(32)22-17(3)29-18(4)27(25(33)35-6-2,23(22)19-12-8-7-9-13-19)31-26-30-21(16-36-26)20-14-10-11-15-28-20/h7-16,18,23,29H,5-6H2,1-4H3,(H,30,31). The van der Waals surface area contributed by atoms with Gasteiger partial charge in [-0.15, -0.1) is 11.3 Å². The molecule has 0 saturated heterocycles. The van der Waals surface area contributed by atoms with Gasteiger partial charge in [-0.25, -0.2) is 14.6 Å². The van der Waals surface area contributed by atoms with Crippen molar-refractivity contribution in [2.24, 2.45) is 0 Å². The second-order valence-corrected chi connectivity index (χ2v) is 9.29. The Morgan fingerprint density at radius 2 is 1.78 bits per heavy atom. The highest BCUT2D eigenvalue weighted by atomic mass is 32.1. The molecule has 3 heterocycles. The molecule has 3 aromatic rings. The van der Waals surface area contributed by atoms with Crippen molar-refractivity contribution in [3.8, 4) is 11.4 Å². The number of hydrogen-bond acceptors (Lipinski definition) is 9. The summed E-state index contributed by atoms with van der Waals surface area (Å²) in [6.45, 7) is 7.65. The molecular weight excluding hydrogens is 476 g/mol. The minimum Gasteiger partial charge on any atom is -0.464 e. The summed E-state index contributed by atoms with van der Waals surface area (Å²) in [4.78, 5) is 36.3. The molecule has 1 aliphatic heterocycles. The Morgan fingerprint density at radius 3 is 2.44 bits per heavy atom. The van der Waals surface area contributed by atoms with Crippen molar-refractivity contribution in [2.75, 3.05) is 18.5 Å². The van der Waals surface area contributed by atoms with Crippen LogP contribution in [0.5, 0.6) is 0 Å². The Labute approximate surface area is 214 Å². The molecule has 3 atom stereocenters. The minimum absolute atomic E-state index is 0.185. The largest absolute Gasteiger partial charge is 0.464 e. The normalized spacial score (nSPS) is 21.4. The first-order chi connectivity index (χ1) is 17.4. The Bertz CT molecular complexity index is 1240. The van der Waals surface area contributed by atoms with Crippen molar-refractivity contribution in [1.82, 2.24) is 15.3 Å². The van der Waals surface area contributed by atoms with E-state index in [0.29, 0.717) is 22.1 Å². The lowest BCUT2D eigenvalue weighted by Gasteiger charge is -2.48. The average molecular weight is 507 g/mol. The van der Waals surface area contributed by atoms with Crippen LogP contribution in [0, 0.1) is 0 Å². The van der Waals surface area contributed by atoms with Gasteiger partial charge in [0.15, 0.2) is 10.7 Å². The number of carbonyl (C=O) groups excluding carboxylic acids is 2. The zero-order valence-corrected chi connectivity index (χ0v) is 21.6. The molecule has 0 amide bonds. The fraction of sp³-hybridized carbons (Fsp3) is 0.333. The zero-order valence-electron chi connectivity index (χ0n) is 20.8. The molecule has 4 rings (SSSR count). The molecule has 3 unspecified atom stereocenters. The summed E-state index contributed by atoms with van der Waals surface area (Å²) < 4.78 is 11.1. The second kappa shape index (κ2) is 10.9. The van der Waals surface area contributed by atoms with Gasteiger partial charge in [0.2, 0.25) is 0 Å². The van der Waals surface area contributed by atoms with Gasteiger partial charge in [0.25, 0.3) is 0 Å². The van der Waals surface area contributed by atoms with Crippen LogP contribution >= 0.6 is 11.3 Å². The summed E-state index contributed by atoms with van der Waals surface area (Å²) >= 11 is 1.36. The van der Waals surface area contributed by atoms with Crippen LogP contribution in [-0.2, 0) is 19.1 Å². The maximum absolute atomic E-state index is 13.9. The number of allylic oxidation sites excluding steroid dienone is 1. The van der Waals surface area contributed by atoms with Crippen molar-refractivity contribution in [3.05, 3.63) is 76.9 Å². The lowest BCUT2D eigenvalue weighted by molar-refractivity contribution is -0.151. The maximum Gasteiger partial charge on any atom is 0.336 e. The van der Waals surface area contributed by atoms with E-state index in [1.54, 1.807) is 20.0 Å². The van der Waals surface area contributed by atoms with Gasteiger partial charge in [0.1, 0.15) is 5.69 Å². The number of benzene rings is 1. The molecule has 0 spiro atoms. The third-order valence-corrected chi connectivity index (χ3v) is 7.01. The summed E-state index contributed by atoms with van der Waals surface area (Å²) in [7, 11) is 0. The molecule has 0 aliphatic carbocycles. The van der Waals surface area contributed by atoms with Crippen molar-refractivity contribution >= 4 is 28.4 Å². The fourth-order valence-corrected chi connectivity index (χ4v) is 5.46. The average Bonchev–Trinajstić information content (AvgIpc) is 3.35. The SMILES string of the molecule is CCOC(=O)C1=C(C)NC(C)C(Nc2nc(-c3ccccn3)cs2)(C(=O)OCC)C1c1ccccc1. The number of esters is 2. The van der Waals surface area contributed by atoms with E-state index in [4.69, 9.17) is 14.5 Å². The van der Waals surface area contributed by atoms with Gasteiger partial charge < -0.3 is 20.1 Å². The molecule has 188 valence electrons. The molecule has 2 aromatic heterocycles. The number of rotatable bonds is 8. The number of ether oxygens (including phenoxy) is 2. The first kappa shape index (κ1) is 25.4. The third-order valence-electron chi connectivity index (χ3n) is 6.25. The summed E-state index contributed by atoms with van der Waals surface area (Å²) in [5.41, 5.74) is 1.85. The van der Waals surface area contributed by atoms with Crippen LogP contribution in [0.1, 0.15) is 39.2 Å². The van der Waals surface area contributed by atoms with Crippen LogP contribution in [0.3, 0.4) is 0 Å². The van der Waals surface area contributed by atoms with Crippen LogP contribution in [-0.4, -0.2) is 46.7 Å². The van der Waals surface area contributed by atoms with Crippen LogP contribution in [0.15, 0.2) is 71.4 Å². The fourth-order valence-electron chi connectivity index (χ4n) is 4.68. The van der Waals surface area contributed by atoms with Gasteiger partial charge in [-0.05, 0) is 45.4 Å². The summed E-state index contributed by atoms with van der Waals surface area (Å²) in [5, 5.41) is 9.15. The molecule has 0 saturated carbocycles. The molecule has 1 aromatic carbocycles. The van der Waals surface area contributed by atoms with E-state index in [0.717, 1.165) is 11.3 Å². The lowest BCUT2D eigenvalue weighted by atomic mass is 9.68. The summed E-state index contributed by atoms with van der Waals surface area (Å²) in [6.07, 6.45) is 1.71. The molecule has 0 fully saturated rings. The van der Waals surface area contributed by atoms with Crippen molar-refractivity contribution in [2.45, 2.75) is 45.2 Å². The molecule has 0 bridgehead atoms. The van der Waals surface area contributed by atoms with Crippen molar-refractivity contribution in [1.29, 1.82) is 0 Å². The Hall–Kier alpha value is -3.72.